The van der Waals surface area contributed by atoms with Gasteiger partial charge in [-0.3, -0.25) is 19.2 Å². The summed E-state index contributed by atoms with van der Waals surface area (Å²) in [5, 5.41) is 0. The van der Waals surface area contributed by atoms with E-state index >= 15 is 0 Å². The number of hydrogen-bond donors (Lipinski definition) is 0. The van der Waals surface area contributed by atoms with Crippen LogP contribution in [0.5, 0.6) is 0 Å². The Hall–Kier alpha value is -1.69. The minimum atomic E-state index is -0.711. The zero-order chi connectivity index (χ0) is 23.3. The molecular weight excluding hydrogens is 432 g/mol. The molecule has 0 unspecified atom stereocenters. The first-order chi connectivity index (χ1) is 15.1. The molecule has 32 heavy (non-hydrogen) atoms. The van der Waals surface area contributed by atoms with E-state index in [1.807, 2.05) is 0 Å². The second kappa shape index (κ2) is 8.58. The molecule has 7 heteroatoms. The number of carbonyl (C=O) groups excluding carboxylic acids is 4. The van der Waals surface area contributed by atoms with Crippen molar-refractivity contribution in [1.82, 2.24) is 0 Å². The van der Waals surface area contributed by atoms with Crippen LogP contribution in [0.4, 0.5) is 0 Å². The fourth-order valence-corrected chi connectivity index (χ4v) is 8.04. The summed E-state index contributed by atoms with van der Waals surface area (Å²) in [7, 11) is 0. The topological polar surface area (TPSA) is 86.7 Å². The van der Waals surface area contributed by atoms with Crippen LogP contribution in [0, 0.1) is 34.5 Å². The van der Waals surface area contributed by atoms with Crippen molar-refractivity contribution in [1.29, 1.82) is 0 Å². The van der Waals surface area contributed by atoms with Crippen molar-refractivity contribution in [2.24, 2.45) is 34.5 Å². The van der Waals surface area contributed by atoms with Crippen molar-refractivity contribution < 1.29 is 28.7 Å². The lowest BCUT2D eigenvalue weighted by atomic mass is 9.48. The standard InChI is InChI=1S/C25H33ClO6/c1-14(27)31-12-22(30)19-7-6-17-16-4-5-20-23(32-15(2)28)21(29)9-11-25(20,13-26)18(16)8-10-24(17,19)3/h8,16-17,19-20,23H,4-7,9-13H2,1-3H3/t16-,17-,19+,20-,23-,24-,25-/m0/s1. The van der Waals surface area contributed by atoms with E-state index in [4.69, 9.17) is 21.1 Å². The lowest BCUT2D eigenvalue weighted by Crippen LogP contribution is -2.56. The Kier molecular flexibility index (Phi) is 6.30. The van der Waals surface area contributed by atoms with Gasteiger partial charge >= 0.3 is 11.9 Å². The first-order valence-corrected chi connectivity index (χ1v) is 12.3. The Morgan fingerprint density at radius 3 is 2.47 bits per heavy atom. The number of halogens is 1. The van der Waals surface area contributed by atoms with E-state index in [2.05, 4.69) is 13.0 Å². The van der Waals surface area contributed by atoms with Crippen molar-refractivity contribution in [3.63, 3.8) is 0 Å². The number of hydrogen-bond acceptors (Lipinski definition) is 6. The third-order valence-corrected chi connectivity index (χ3v) is 9.44. The van der Waals surface area contributed by atoms with Crippen LogP contribution in [0.15, 0.2) is 11.6 Å². The summed E-state index contributed by atoms with van der Waals surface area (Å²) in [4.78, 5) is 48.4. The highest BCUT2D eigenvalue weighted by Gasteiger charge is 2.61. The molecule has 0 amide bonds. The van der Waals surface area contributed by atoms with Crippen molar-refractivity contribution >= 4 is 35.1 Å². The van der Waals surface area contributed by atoms with E-state index in [1.54, 1.807) is 0 Å². The largest absolute Gasteiger partial charge is 0.458 e. The predicted molar refractivity (Wildman–Crippen MR) is 118 cm³/mol. The summed E-state index contributed by atoms with van der Waals surface area (Å²) in [6.07, 6.45) is 6.88. The fraction of sp³-hybridized carbons (Fsp3) is 0.760. The monoisotopic (exact) mass is 464 g/mol. The van der Waals surface area contributed by atoms with Gasteiger partial charge in [0, 0.05) is 43.4 Å². The Morgan fingerprint density at radius 1 is 1.09 bits per heavy atom. The first-order valence-electron chi connectivity index (χ1n) is 11.8. The maximum atomic E-state index is 12.9. The highest BCUT2D eigenvalue weighted by Crippen LogP contribution is 2.65. The van der Waals surface area contributed by atoms with Gasteiger partial charge in [0.25, 0.3) is 0 Å². The van der Waals surface area contributed by atoms with Crippen LogP contribution in [0.25, 0.3) is 0 Å². The Labute approximate surface area is 194 Å². The number of Topliss-reactive ketones (excluding diaryl/α,β-unsaturated/α-hetero) is 2. The molecule has 6 nitrogen and oxygen atoms in total. The second-order valence-electron chi connectivity index (χ2n) is 10.4. The molecule has 0 spiro atoms. The molecular formula is C25H33ClO6. The molecule has 0 radical (unpaired) electrons. The normalized spacial score (nSPS) is 40.4. The zero-order valence-electron chi connectivity index (χ0n) is 19.2. The number of ketones is 2. The van der Waals surface area contributed by atoms with Crippen molar-refractivity contribution in [3.8, 4) is 0 Å². The Morgan fingerprint density at radius 2 is 1.81 bits per heavy atom. The van der Waals surface area contributed by atoms with Crippen LogP contribution >= 0.6 is 11.6 Å². The molecule has 0 aromatic rings. The van der Waals surface area contributed by atoms with Gasteiger partial charge in [-0.05, 0) is 55.8 Å². The Bertz CT molecular complexity index is 864. The van der Waals surface area contributed by atoms with Crippen LogP contribution < -0.4 is 0 Å². The molecule has 3 fully saturated rings. The predicted octanol–water partition coefficient (Wildman–Crippen LogP) is 4.03. The molecule has 4 rings (SSSR count). The number of allylic oxidation sites excluding steroid dienone is 2. The minimum Gasteiger partial charge on any atom is -0.458 e. The van der Waals surface area contributed by atoms with Crippen LogP contribution in [0.1, 0.15) is 65.7 Å². The highest BCUT2D eigenvalue weighted by atomic mass is 35.5. The summed E-state index contributed by atoms with van der Waals surface area (Å²) in [5.74, 6) is 0.0514. The summed E-state index contributed by atoms with van der Waals surface area (Å²) in [6.45, 7) is 4.74. The van der Waals surface area contributed by atoms with Crippen LogP contribution in [-0.2, 0) is 28.7 Å². The van der Waals surface area contributed by atoms with E-state index < -0.39 is 18.0 Å². The fourth-order valence-electron chi connectivity index (χ4n) is 7.55. The lowest BCUT2D eigenvalue weighted by molar-refractivity contribution is -0.165. The van der Waals surface area contributed by atoms with Crippen molar-refractivity contribution in [3.05, 3.63) is 11.6 Å². The average molecular weight is 465 g/mol. The van der Waals surface area contributed by atoms with E-state index in [1.165, 1.54) is 19.4 Å². The second-order valence-corrected chi connectivity index (χ2v) is 10.7. The molecule has 0 saturated heterocycles. The molecule has 176 valence electrons. The number of carbonyl (C=O) groups is 4. The smallest absolute Gasteiger partial charge is 0.303 e. The van der Waals surface area contributed by atoms with Gasteiger partial charge in [0.1, 0.15) is 6.61 Å². The molecule has 0 N–H and O–H groups in total. The summed E-state index contributed by atoms with van der Waals surface area (Å²) >= 11 is 6.65. The van der Waals surface area contributed by atoms with Crippen LogP contribution in [0.3, 0.4) is 0 Å². The molecule has 7 atom stereocenters. The zero-order valence-corrected chi connectivity index (χ0v) is 19.9. The van der Waals surface area contributed by atoms with Gasteiger partial charge in [-0.1, -0.05) is 18.6 Å². The van der Waals surface area contributed by atoms with Gasteiger partial charge in [-0.25, -0.2) is 0 Å². The number of esters is 2. The third-order valence-electron chi connectivity index (χ3n) is 8.97. The maximum absolute atomic E-state index is 12.9. The molecule has 0 aliphatic heterocycles. The van der Waals surface area contributed by atoms with Crippen LogP contribution in [0.2, 0.25) is 0 Å². The van der Waals surface area contributed by atoms with Gasteiger partial charge in [-0.15, -0.1) is 11.6 Å². The Balaban J connectivity index is 1.63. The van der Waals surface area contributed by atoms with E-state index in [0.29, 0.717) is 30.6 Å². The maximum Gasteiger partial charge on any atom is 0.303 e. The highest BCUT2D eigenvalue weighted by molar-refractivity contribution is 6.18. The summed E-state index contributed by atoms with van der Waals surface area (Å²) in [5.41, 5.74) is 0.828. The van der Waals surface area contributed by atoms with Gasteiger partial charge in [-0.2, -0.15) is 0 Å². The van der Waals surface area contributed by atoms with E-state index in [-0.39, 0.29) is 40.8 Å². The molecule has 4 aliphatic carbocycles. The SMILES string of the molecule is CC(=O)OCC(=O)[C@H]1CC[C@H]2[C@@H]3CC[C@H]4[C@H](OC(C)=O)C(=O)CC[C@]4(CCl)C3=CC[C@]12C. The average Bonchev–Trinajstić information content (AvgIpc) is 3.10. The van der Waals surface area contributed by atoms with Gasteiger partial charge < -0.3 is 9.47 Å². The molecule has 0 aromatic carbocycles. The molecule has 0 aromatic heterocycles. The third kappa shape index (κ3) is 3.63. The van der Waals surface area contributed by atoms with Gasteiger partial charge in [0.05, 0.1) is 0 Å². The molecule has 3 saturated carbocycles. The quantitative estimate of drug-likeness (QED) is 0.347. The van der Waals surface area contributed by atoms with Crippen molar-refractivity contribution in [2.45, 2.75) is 71.8 Å². The number of rotatable bonds is 5. The minimum absolute atomic E-state index is 0.00244. The van der Waals surface area contributed by atoms with Gasteiger partial charge in [0.2, 0.25) is 0 Å². The number of fused-ring (bicyclic) bond motifs is 5. The van der Waals surface area contributed by atoms with E-state index in [9.17, 15) is 19.2 Å². The number of alkyl halides is 1. The number of ether oxygens (including phenoxy) is 2. The molecule has 0 bridgehead atoms. The van der Waals surface area contributed by atoms with Crippen molar-refractivity contribution in [2.75, 3.05) is 12.5 Å². The first kappa shape index (κ1) is 23.5. The van der Waals surface area contributed by atoms with E-state index in [0.717, 1.165) is 32.1 Å². The summed E-state index contributed by atoms with van der Waals surface area (Å²) in [6, 6.07) is 0. The summed E-state index contributed by atoms with van der Waals surface area (Å²) < 4.78 is 10.5. The van der Waals surface area contributed by atoms with Crippen LogP contribution in [-0.4, -0.2) is 42.1 Å². The molecule has 0 heterocycles. The van der Waals surface area contributed by atoms with Gasteiger partial charge in [0.15, 0.2) is 17.7 Å². The molecule has 4 aliphatic rings. The lowest BCUT2D eigenvalue weighted by Gasteiger charge is -2.57.